The van der Waals surface area contributed by atoms with Crippen LogP contribution in [0.25, 0.3) is 0 Å². The van der Waals surface area contributed by atoms with Crippen LogP contribution in [0.5, 0.6) is 0 Å². The van der Waals surface area contributed by atoms with E-state index in [-0.39, 0.29) is 11.9 Å². The van der Waals surface area contributed by atoms with Gasteiger partial charge in [-0.25, -0.2) is 4.68 Å². The first kappa shape index (κ1) is 13.4. The highest BCUT2D eigenvalue weighted by molar-refractivity contribution is 5.91. The fourth-order valence-electron chi connectivity index (χ4n) is 3.41. The van der Waals surface area contributed by atoms with Gasteiger partial charge in [-0.2, -0.15) is 4.98 Å². The largest absolute Gasteiger partial charge is 0.354 e. The summed E-state index contributed by atoms with van der Waals surface area (Å²) < 4.78 is 4.02. The molecule has 7 heteroatoms. The van der Waals surface area contributed by atoms with Gasteiger partial charge in [0.25, 0.3) is 5.91 Å². The van der Waals surface area contributed by atoms with Gasteiger partial charge in [0.05, 0.1) is 6.04 Å². The fourth-order valence-corrected chi connectivity index (χ4v) is 3.41. The fraction of sp³-hybridized carbons (Fsp3) is 0.533. The van der Waals surface area contributed by atoms with Gasteiger partial charge in [0.15, 0.2) is 0 Å². The molecule has 0 spiro atoms. The van der Waals surface area contributed by atoms with Crippen LogP contribution in [-0.2, 0) is 13.1 Å². The minimum atomic E-state index is -0.0667. The number of amides is 1. The highest BCUT2D eigenvalue weighted by Crippen LogP contribution is 2.29. The van der Waals surface area contributed by atoms with Gasteiger partial charge in [-0.1, -0.05) is 6.92 Å². The van der Waals surface area contributed by atoms with E-state index < -0.39 is 0 Å². The van der Waals surface area contributed by atoms with Crippen LogP contribution in [0.3, 0.4) is 0 Å². The number of hydrogen-bond donors (Lipinski definition) is 1. The van der Waals surface area contributed by atoms with Crippen molar-refractivity contribution >= 4 is 11.9 Å². The van der Waals surface area contributed by atoms with Gasteiger partial charge in [-0.05, 0) is 25.0 Å². The van der Waals surface area contributed by atoms with E-state index in [2.05, 4.69) is 39.2 Å². The highest BCUT2D eigenvalue weighted by Gasteiger charge is 2.32. The molecule has 1 amide bonds. The number of fused-ring (bicyclic) bond motifs is 2. The Morgan fingerprint density at radius 2 is 2.32 bits per heavy atom. The van der Waals surface area contributed by atoms with E-state index in [1.165, 1.54) is 5.69 Å². The molecule has 0 bridgehead atoms. The third-order valence-electron chi connectivity index (χ3n) is 4.50. The lowest BCUT2D eigenvalue weighted by Crippen LogP contribution is -2.42. The molecule has 4 heterocycles. The van der Waals surface area contributed by atoms with E-state index in [0.29, 0.717) is 18.3 Å². The Hall–Kier alpha value is -2.31. The van der Waals surface area contributed by atoms with Crippen LogP contribution < -0.4 is 5.32 Å². The maximum Gasteiger partial charge on any atom is 0.294 e. The minimum Gasteiger partial charge on any atom is -0.354 e. The van der Waals surface area contributed by atoms with Crippen molar-refractivity contribution in [2.24, 2.45) is 0 Å². The van der Waals surface area contributed by atoms with Crippen molar-refractivity contribution in [3.05, 3.63) is 29.8 Å². The number of carbonyl (C=O) groups is 1. The first-order valence-corrected chi connectivity index (χ1v) is 7.92. The Morgan fingerprint density at radius 1 is 1.41 bits per heavy atom. The molecule has 4 rings (SSSR count). The zero-order valence-electron chi connectivity index (χ0n) is 12.7. The Labute approximate surface area is 128 Å². The van der Waals surface area contributed by atoms with Gasteiger partial charge in [0.2, 0.25) is 11.8 Å². The predicted molar refractivity (Wildman–Crippen MR) is 81.6 cm³/mol. The number of rotatable bonds is 2. The zero-order valence-corrected chi connectivity index (χ0v) is 12.7. The summed E-state index contributed by atoms with van der Waals surface area (Å²) in [6.07, 6.45) is 3.98. The maximum absolute atomic E-state index is 12.9. The number of aromatic nitrogens is 4. The summed E-state index contributed by atoms with van der Waals surface area (Å²) in [5.41, 5.74) is 1.20. The summed E-state index contributed by atoms with van der Waals surface area (Å²) in [6, 6.07) is 4.24. The summed E-state index contributed by atoms with van der Waals surface area (Å²) in [6.45, 7) is 5.36. The van der Waals surface area contributed by atoms with Gasteiger partial charge in [0.1, 0.15) is 0 Å². The third kappa shape index (κ3) is 2.00. The summed E-state index contributed by atoms with van der Waals surface area (Å²) in [4.78, 5) is 19.2. The molecule has 2 aliphatic heterocycles. The summed E-state index contributed by atoms with van der Waals surface area (Å²) in [7, 11) is 0. The molecule has 116 valence electrons. The summed E-state index contributed by atoms with van der Waals surface area (Å²) in [5.74, 6) is 0.953. The van der Waals surface area contributed by atoms with Gasteiger partial charge >= 0.3 is 0 Å². The van der Waals surface area contributed by atoms with Gasteiger partial charge < -0.3 is 14.8 Å². The van der Waals surface area contributed by atoms with Crippen molar-refractivity contribution in [1.82, 2.24) is 24.2 Å². The standard InChI is InChI=1S/C15H20N6O/c1-2-11-12-5-3-7-19(12)9-10-20(11)14(22)13-17-15-16-6-4-8-21(15)18-13/h3,5,7,11H,2,4,6,8-10H2,1H3,(H,16,17,18). The lowest BCUT2D eigenvalue weighted by atomic mass is 10.1. The van der Waals surface area contributed by atoms with Crippen LogP contribution in [0.1, 0.15) is 42.1 Å². The second kappa shape index (κ2) is 5.15. The van der Waals surface area contributed by atoms with Crippen molar-refractivity contribution in [3.63, 3.8) is 0 Å². The molecule has 2 aromatic rings. The molecule has 1 atom stereocenters. The number of nitrogens with zero attached hydrogens (tertiary/aromatic N) is 5. The predicted octanol–water partition coefficient (Wildman–Crippen LogP) is 1.50. The van der Waals surface area contributed by atoms with Crippen LogP contribution >= 0.6 is 0 Å². The van der Waals surface area contributed by atoms with Crippen molar-refractivity contribution in [1.29, 1.82) is 0 Å². The monoisotopic (exact) mass is 300 g/mol. The first-order valence-electron chi connectivity index (χ1n) is 7.92. The topological polar surface area (TPSA) is 68.0 Å². The Bertz CT molecular complexity index is 679. The van der Waals surface area contributed by atoms with Crippen LogP contribution in [0.4, 0.5) is 5.95 Å². The molecule has 7 nitrogen and oxygen atoms in total. The second-order valence-corrected chi connectivity index (χ2v) is 5.81. The van der Waals surface area contributed by atoms with Crippen molar-refractivity contribution in [2.75, 3.05) is 18.4 Å². The number of carbonyl (C=O) groups excluding carboxylic acids is 1. The second-order valence-electron chi connectivity index (χ2n) is 5.81. The quantitative estimate of drug-likeness (QED) is 0.912. The van der Waals surface area contributed by atoms with Crippen LogP contribution in [0.15, 0.2) is 18.3 Å². The van der Waals surface area contributed by atoms with Crippen molar-refractivity contribution in [3.8, 4) is 0 Å². The summed E-state index contributed by atoms with van der Waals surface area (Å²) in [5, 5.41) is 7.58. The van der Waals surface area contributed by atoms with Gasteiger partial charge in [0, 0.05) is 38.1 Å². The van der Waals surface area contributed by atoms with Crippen molar-refractivity contribution in [2.45, 2.75) is 38.9 Å². The smallest absolute Gasteiger partial charge is 0.294 e. The van der Waals surface area contributed by atoms with E-state index in [4.69, 9.17) is 0 Å². The Balaban J connectivity index is 1.63. The number of aryl methyl sites for hydroxylation is 1. The maximum atomic E-state index is 12.9. The highest BCUT2D eigenvalue weighted by atomic mass is 16.2. The zero-order chi connectivity index (χ0) is 15.1. The average molecular weight is 300 g/mol. The van der Waals surface area contributed by atoms with Gasteiger partial charge in [-0.3, -0.25) is 4.79 Å². The molecule has 0 aromatic carbocycles. The van der Waals surface area contributed by atoms with E-state index >= 15 is 0 Å². The lowest BCUT2D eigenvalue weighted by molar-refractivity contribution is 0.0605. The molecule has 0 saturated carbocycles. The van der Waals surface area contributed by atoms with Crippen LogP contribution in [-0.4, -0.2) is 43.2 Å². The number of nitrogens with one attached hydrogen (secondary N) is 1. The molecule has 0 aliphatic carbocycles. The molecule has 0 fully saturated rings. The normalized spacial score (nSPS) is 20.2. The Morgan fingerprint density at radius 3 is 3.14 bits per heavy atom. The van der Waals surface area contributed by atoms with Gasteiger partial charge in [-0.15, -0.1) is 5.10 Å². The first-order chi connectivity index (χ1) is 10.8. The van der Waals surface area contributed by atoms with Crippen LogP contribution in [0, 0.1) is 0 Å². The SMILES string of the molecule is CCC1c2cccn2CCN1C(=O)c1nc2n(n1)CCCN2. The molecular formula is C15H20N6O. The molecular weight excluding hydrogens is 280 g/mol. The van der Waals surface area contributed by atoms with E-state index in [9.17, 15) is 4.79 Å². The molecule has 0 radical (unpaired) electrons. The van der Waals surface area contributed by atoms with Crippen LogP contribution in [0.2, 0.25) is 0 Å². The molecule has 22 heavy (non-hydrogen) atoms. The van der Waals surface area contributed by atoms with E-state index in [1.54, 1.807) is 4.68 Å². The van der Waals surface area contributed by atoms with E-state index in [1.807, 2.05) is 11.0 Å². The molecule has 2 aliphatic rings. The molecule has 1 unspecified atom stereocenters. The number of anilines is 1. The molecule has 0 saturated heterocycles. The minimum absolute atomic E-state index is 0.0667. The third-order valence-corrected chi connectivity index (χ3v) is 4.50. The number of hydrogen-bond acceptors (Lipinski definition) is 4. The lowest BCUT2D eigenvalue weighted by Gasteiger charge is -2.35. The molecule has 2 aromatic heterocycles. The average Bonchev–Trinajstić information content (AvgIpc) is 3.19. The molecule has 1 N–H and O–H groups in total. The van der Waals surface area contributed by atoms with E-state index in [0.717, 1.165) is 32.5 Å². The Kier molecular flexibility index (Phi) is 3.13. The summed E-state index contributed by atoms with van der Waals surface area (Å²) >= 11 is 0. The van der Waals surface area contributed by atoms with Crippen molar-refractivity contribution < 1.29 is 4.79 Å².